The van der Waals surface area contributed by atoms with E-state index in [-0.39, 0.29) is 6.03 Å². The summed E-state index contributed by atoms with van der Waals surface area (Å²) >= 11 is 5.78. The van der Waals surface area contributed by atoms with Gasteiger partial charge < -0.3 is 15.7 Å². The van der Waals surface area contributed by atoms with E-state index in [1.807, 2.05) is 12.1 Å². The average Bonchev–Trinajstić information content (AvgIpc) is 2.83. The maximum atomic E-state index is 11.6. The standard InChI is InChI=1S/C14H19ClN2O2/c15-12-5-3-11(4-6-12)9-16-13(18)17-10-14(19)7-1-2-8-14/h3-6,19H,1-2,7-10H2,(H2,16,17,18). The van der Waals surface area contributed by atoms with E-state index in [0.29, 0.717) is 18.1 Å². The van der Waals surface area contributed by atoms with Crippen LogP contribution in [0.4, 0.5) is 4.79 Å². The van der Waals surface area contributed by atoms with Crippen LogP contribution in [0.1, 0.15) is 31.2 Å². The van der Waals surface area contributed by atoms with Gasteiger partial charge in [0.1, 0.15) is 0 Å². The molecule has 1 fully saturated rings. The first-order valence-electron chi connectivity index (χ1n) is 6.56. The first-order chi connectivity index (χ1) is 9.07. The summed E-state index contributed by atoms with van der Waals surface area (Å²) in [6, 6.07) is 7.06. The highest BCUT2D eigenvalue weighted by Crippen LogP contribution is 2.28. The number of carbonyl (C=O) groups is 1. The summed E-state index contributed by atoms with van der Waals surface area (Å²) < 4.78 is 0. The summed E-state index contributed by atoms with van der Waals surface area (Å²) in [7, 11) is 0. The Morgan fingerprint density at radius 3 is 2.47 bits per heavy atom. The molecule has 0 unspecified atom stereocenters. The smallest absolute Gasteiger partial charge is 0.315 e. The SMILES string of the molecule is O=C(NCc1ccc(Cl)cc1)NCC1(O)CCCC1. The molecule has 1 aromatic rings. The van der Waals surface area contributed by atoms with Gasteiger partial charge in [-0.3, -0.25) is 0 Å². The van der Waals surface area contributed by atoms with E-state index in [9.17, 15) is 9.90 Å². The van der Waals surface area contributed by atoms with E-state index in [1.165, 1.54) is 0 Å². The molecule has 0 radical (unpaired) electrons. The number of amides is 2. The van der Waals surface area contributed by atoms with E-state index in [2.05, 4.69) is 10.6 Å². The van der Waals surface area contributed by atoms with Gasteiger partial charge in [-0.25, -0.2) is 4.79 Å². The van der Waals surface area contributed by atoms with Crippen LogP contribution in [0.15, 0.2) is 24.3 Å². The fourth-order valence-corrected chi connectivity index (χ4v) is 2.43. The van der Waals surface area contributed by atoms with Crippen LogP contribution < -0.4 is 10.6 Å². The van der Waals surface area contributed by atoms with Gasteiger partial charge in [-0.2, -0.15) is 0 Å². The van der Waals surface area contributed by atoms with Gasteiger partial charge in [-0.15, -0.1) is 0 Å². The lowest BCUT2D eigenvalue weighted by Gasteiger charge is -2.22. The monoisotopic (exact) mass is 282 g/mol. The van der Waals surface area contributed by atoms with E-state index >= 15 is 0 Å². The second-order valence-corrected chi connectivity index (χ2v) is 5.53. The van der Waals surface area contributed by atoms with Crippen molar-refractivity contribution in [3.63, 3.8) is 0 Å². The number of halogens is 1. The fourth-order valence-electron chi connectivity index (χ4n) is 2.30. The summed E-state index contributed by atoms with van der Waals surface area (Å²) in [5, 5.41) is 16.3. The average molecular weight is 283 g/mol. The Kier molecular flexibility index (Phi) is 4.66. The first-order valence-corrected chi connectivity index (χ1v) is 6.94. The predicted molar refractivity (Wildman–Crippen MR) is 75.1 cm³/mol. The topological polar surface area (TPSA) is 61.4 Å². The van der Waals surface area contributed by atoms with Gasteiger partial charge in [0.25, 0.3) is 0 Å². The molecule has 4 nitrogen and oxygen atoms in total. The molecule has 2 rings (SSSR count). The number of hydrogen-bond acceptors (Lipinski definition) is 2. The van der Waals surface area contributed by atoms with Crippen molar-refractivity contribution in [2.75, 3.05) is 6.54 Å². The van der Waals surface area contributed by atoms with Crippen LogP contribution in [0.25, 0.3) is 0 Å². The number of carbonyl (C=O) groups excluding carboxylic acids is 1. The lowest BCUT2D eigenvalue weighted by Crippen LogP contribution is -2.44. The van der Waals surface area contributed by atoms with Crippen LogP contribution in [-0.4, -0.2) is 23.3 Å². The number of nitrogens with one attached hydrogen (secondary N) is 2. The minimum absolute atomic E-state index is 0.254. The second-order valence-electron chi connectivity index (χ2n) is 5.09. The summed E-state index contributed by atoms with van der Waals surface area (Å²) in [6.07, 6.45) is 3.60. The van der Waals surface area contributed by atoms with E-state index in [1.54, 1.807) is 12.1 Å². The molecule has 2 amide bonds. The van der Waals surface area contributed by atoms with Crippen LogP contribution in [0, 0.1) is 0 Å². The molecule has 1 aliphatic carbocycles. The number of urea groups is 1. The molecule has 0 saturated heterocycles. The molecule has 1 aliphatic rings. The fraction of sp³-hybridized carbons (Fsp3) is 0.500. The maximum Gasteiger partial charge on any atom is 0.315 e. The summed E-state index contributed by atoms with van der Waals surface area (Å²) in [6.45, 7) is 0.765. The number of hydrogen-bond donors (Lipinski definition) is 3. The van der Waals surface area contributed by atoms with Crippen LogP contribution >= 0.6 is 11.6 Å². The van der Waals surface area contributed by atoms with Crippen molar-refractivity contribution < 1.29 is 9.90 Å². The van der Waals surface area contributed by atoms with Crippen LogP contribution in [0.3, 0.4) is 0 Å². The highest BCUT2D eigenvalue weighted by Gasteiger charge is 2.31. The van der Waals surface area contributed by atoms with E-state index in [0.717, 1.165) is 31.2 Å². The Labute approximate surface area is 118 Å². The molecule has 0 aromatic heterocycles. The molecule has 104 valence electrons. The molecule has 0 atom stereocenters. The summed E-state index contributed by atoms with van der Waals surface area (Å²) in [5.41, 5.74) is 0.275. The Morgan fingerprint density at radius 1 is 1.21 bits per heavy atom. The van der Waals surface area contributed by atoms with Crippen molar-refractivity contribution >= 4 is 17.6 Å². The van der Waals surface area contributed by atoms with Crippen LogP contribution in [-0.2, 0) is 6.54 Å². The zero-order valence-corrected chi connectivity index (χ0v) is 11.5. The quantitative estimate of drug-likeness (QED) is 0.794. The molecule has 3 N–H and O–H groups in total. The third-order valence-corrected chi connectivity index (χ3v) is 3.73. The Morgan fingerprint density at radius 2 is 1.84 bits per heavy atom. The van der Waals surface area contributed by atoms with Gasteiger partial charge in [0, 0.05) is 18.1 Å². The molecule has 0 aliphatic heterocycles. The molecule has 1 saturated carbocycles. The Balaban J connectivity index is 1.71. The van der Waals surface area contributed by atoms with E-state index < -0.39 is 5.60 Å². The molecule has 19 heavy (non-hydrogen) atoms. The molecule has 0 bridgehead atoms. The lowest BCUT2D eigenvalue weighted by molar-refractivity contribution is 0.0501. The first kappa shape index (κ1) is 14.2. The molecule has 5 heteroatoms. The maximum absolute atomic E-state index is 11.6. The molecular weight excluding hydrogens is 264 g/mol. The third-order valence-electron chi connectivity index (χ3n) is 3.48. The normalized spacial score (nSPS) is 17.2. The number of rotatable bonds is 4. The van der Waals surface area contributed by atoms with Crippen LogP contribution in [0.5, 0.6) is 0 Å². The summed E-state index contributed by atoms with van der Waals surface area (Å²) in [5.74, 6) is 0. The van der Waals surface area contributed by atoms with Gasteiger partial charge >= 0.3 is 6.03 Å². The van der Waals surface area contributed by atoms with Crippen LogP contribution in [0.2, 0.25) is 5.02 Å². The number of benzene rings is 1. The predicted octanol–water partition coefficient (Wildman–Crippen LogP) is 2.44. The van der Waals surface area contributed by atoms with Crippen molar-refractivity contribution in [1.29, 1.82) is 0 Å². The minimum Gasteiger partial charge on any atom is -0.388 e. The van der Waals surface area contributed by atoms with Crippen molar-refractivity contribution in [3.8, 4) is 0 Å². The van der Waals surface area contributed by atoms with Crippen molar-refractivity contribution in [1.82, 2.24) is 10.6 Å². The van der Waals surface area contributed by atoms with Crippen molar-refractivity contribution in [3.05, 3.63) is 34.9 Å². The second kappa shape index (κ2) is 6.26. The van der Waals surface area contributed by atoms with Crippen molar-refractivity contribution in [2.24, 2.45) is 0 Å². The Bertz CT molecular complexity index is 428. The van der Waals surface area contributed by atoms with Gasteiger partial charge in [0.2, 0.25) is 0 Å². The molecular formula is C14H19ClN2O2. The van der Waals surface area contributed by atoms with Gasteiger partial charge in [-0.1, -0.05) is 36.6 Å². The molecule has 1 aromatic carbocycles. The summed E-state index contributed by atoms with van der Waals surface area (Å²) in [4.78, 5) is 11.6. The van der Waals surface area contributed by atoms with E-state index in [4.69, 9.17) is 11.6 Å². The highest BCUT2D eigenvalue weighted by molar-refractivity contribution is 6.30. The third kappa shape index (κ3) is 4.40. The largest absolute Gasteiger partial charge is 0.388 e. The number of aliphatic hydroxyl groups is 1. The van der Waals surface area contributed by atoms with Gasteiger partial charge in [0.15, 0.2) is 0 Å². The minimum atomic E-state index is -0.711. The molecule has 0 heterocycles. The van der Waals surface area contributed by atoms with Gasteiger partial charge in [-0.05, 0) is 30.5 Å². The Hall–Kier alpha value is -1.26. The lowest BCUT2D eigenvalue weighted by atomic mass is 10.0. The van der Waals surface area contributed by atoms with Gasteiger partial charge in [0.05, 0.1) is 5.60 Å². The zero-order valence-electron chi connectivity index (χ0n) is 10.8. The van der Waals surface area contributed by atoms with Crippen molar-refractivity contribution in [2.45, 2.75) is 37.8 Å². The zero-order chi connectivity index (χ0) is 13.7. The molecule has 0 spiro atoms. The highest BCUT2D eigenvalue weighted by atomic mass is 35.5.